The van der Waals surface area contributed by atoms with E-state index in [4.69, 9.17) is 11.6 Å². The van der Waals surface area contributed by atoms with Crippen LogP contribution in [0.2, 0.25) is 5.02 Å². The maximum absolute atomic E-state index is 12.9. The molecule has 0 saturated carbocycles. The van der Waals surface area contributed by atoms with Crippen molar-refractivity contribution >= 4 is 46.1 Å². The molecule has 1 unspecified atom stereocenters. The van der Waals surface area contributed by atoms with Crippen LogP contribution in [-0.4, -0.2) is 57.4 Å². The van der Waals surface area contributed by atoms with Crippen molar-refractivity contribution in [1.29, 1.82) is 0 Å². The number of aromatic amines is 1. The number of likely N-dealkylation sites (tertiary alicyclic amines) is 1. The van der Waals surface area contributed by atoms with Gasteiger partial charge >= 0.3 is 0 Å². The number of hydrogen-bond acceptors (Lipinski definition) is 3. The van der Waals surface area contributed by atoms with Gasteiger partial charge in [-0.2, -0.15) is 0 Å². The third-order valence-corrected chi connectivity index (χ3v) is 6.22. The first-order valence-electron chi connectivity index (χ1n) is 8.55. The Morgan fingerprint density at radius 3 is 2.88 bits per heavy atom. The SMILES string of the molecule is O=C(C1CSCN1C(=O)Cc1c[nH]c2cc(Cl)ccc12)N1CCCC1. The maximum atomic E-state index is 12.9. The minimum atomic E-state index is -0.310. The van der Waals surface area contributed by atoms with Gasteiger partial charge in [-0.05, 0) is 30.5 Å². The lowest BCUT2D eigenvalue weighted by Gasteiger charge is -2.27. The van der Waals surface area contributed by atoms with Gasteiger partial charge in [0.25, 0.3) is 0 Å². The van der Waals surface area contributed by atoms with Crippen LogP contribution in [0.25, 0.3) is 10.9 Å². The second-order valence-electron chi connectivity index (χ2n) is 6.59. The van der Waals surface area contributed by atoms with Crippen molar-refractivity contribution < 1.29 is 9.59 Å². The molecule has 3 heterocycles. The van der Waals surface area contributed by atoms with E-state index in [-0.39, 0.29) is 17.9 Å². The Kier molecular flexibility index (Phi) is 4.65. The number of rotatable bonds is 3. The molecule has 5 nitrogen and oxygen atoms in total. The van der Waals surface area contributed by atoms with E-state index in [0.29, 0.717) is 23.1 Å². The highest BCUT2D eigenvalue weighted by Crippen LogP contribution is 2.27. The zero-order chi connectivity index (χ0) is 17.4. The van der Waals surface area contributed by atoms with Gasteiger partial charge in [-0.3, -0.25) is 9.59 Å². The van der Waals surface area contributed by atoms with Gasteiger partial charge in [0.05, 0.1) is 12.3 Å². The van der Waals surface area contributed by atoms with E-state index in [1.807, 2.05) is 29.3 Å². The largest absolute Gasteiger partial charge is 0.361 e. The van der Waals surface area contributed by atoms with E-state index >= 15 is 0 Å². The number of thioether (sulfide) groups is 1. The fourth-order valence-corrected chi connectivity index (χ4v) is 4.95. The monoisotopic (exact) mass is 377 g/mol. The molecule has 0 radical (unpaired) electrons. The van der Waals surface area contributed by atoms with Crippen LogP contribution in [0.15, 0.2) is 24.4 Å². The topological polar surface area (TPSA) is 56.4 Å². The van der Waals surface area contributed by atoms with Crippen LogP contribution >= 0.6 is 23.4 Å². The molecule has 132 valence electrons. The summed E-state index contributed by atoms with van der Waals surface area (Å²) in [7, 11) is 0. The molecule has 2 amide bonds. The molecule has 2 aliphatic heterocycles. The van der Waals surface area contributed by atoms with Crippen LogP contribution in [0.1, 0.15) is 18.4 Å². The summed E-state index contributed by atoms with van der Waals surface area (Å²) in [6, 6.07) is 5.31. The predicted molar refractivity (Wildman–Crippen MR) is 101 cm³/mol. The molecule has 2 aliphatic rings. The van der Waals surface area contributed by atoms with Crippen LogP contribution < -0.4 is 0 Å². The van der Waals surface area contributed by atoms with Crippen LogP contribution in [0, 0.1) is 0 Å². The molecule has 1 N–H and O–H groups in total. The average Bonchev–Trinajstić information content (AvgIpc) is 3.35. The molecule has 0 bridgehead atoms. The highest BCUT2D eigenvalue weighted by atomic mass is 35.5. The van der Waals surface area contributed by atoms with Crippen LogP contribution in [0.5, 0.6) is 0 Å². The fourth-order valence-electron chi connectivity index (χ4n) is 3.61. The third kappa shape index (κ3) is 3.25. The lowest BCUT2D eigenvalue weighted by molar-refractivity contribution is -0.142. The Hall–Kier alpha value is -1.66. The lowest BCUT2D eigenvalue weighted by Crippen LogP contribution is -2.48. The number of nitrogens with zero attached hydrogens (tertiary/aromatic N) is 2. The first kappa shape index (κ1) is 16.8. The Labute approximate surface area is 155 Å². The lowest BCUT2D eigenvalue weighted by atomic mass is 10.1. The number of carbonyl (C=O) groups is 2. The molecule has 1 atom stereocenters. The summed E-state index contributed by atoms with van der Waals surface area (Å²) >= 11 is 7.67. The standard InChI is InChI=1S/C18H20ClN3O2S/c19-13-3-4-14-12(9-20-15(14)8-13)7-17(23)22-11-25-10-16(22)18(24)21-5-1-2-6-21/h3-4,8-9,16,20H,1-2,5-7,10-11H2. The van der Waals surface area contributed by atoms with Gasteiger partial charge < -0.3 is 14.8 Å². The summed E-state index contributed by atoms with van der Waals surface area (Å²) in [6.45, 7) is 1.65. The molecule has 1 aromatic heterocycles. The highest BCUT2D eigenvalue weighted by molar-refractivity contribution is 7.99. The molecular formula is C18H20ClN3O2S. The normalized spacial score (nSPS) is 20.6. The van der Waals surface area contributed by atoms with Gasteiger partial charge in [0, 0.05) is 41.0 Å². The molecule has 0 spiro atoms. The van der Waals surface area contributed by atoms with Gasteiger partial charge in [-0.1, -0.05) is 17.7 Å². The summed E-state index contributed by atoms with van der Waals surface area (Å²) in [6.07, 6.45) is 4.29. The second-order valence-corrected chi connectivity index (χ2v) is 8.03. The molecule has 4 rings (SSSR count). The molecule has 0 aliphatic carbocycles. The number of aromatic nitrogens is 1. The summed E-state index contributed by atoms with van der Waals surface area (Å²) < 4.78 is 0. The number of hydrogen-bond donors (Lipinski definition) is 1. The van der Waals surface area contributed by atoms with Gasteiger partial charge in [0.2, 0.25) is 11.8 Å². The van der Waals surface area contributed by atoms with E-state index in [0.717, 1.165) is 42.4 Å². The Bertz CT molecular complexity index is 816. The van der Waals surface area contributed by atoms with Crippen LogP contribution in [-0.2, 0) is 16.0 Å². The summed E-state index contributed by atoms with van der Waals surface area (Å²) in [5, 5.41) is 1.67. The van der Waals surface area contributed by atoms with E-state index in [1.54, 1.807) is 16.7 Å². The van der Waals surface area contributed by atoms with Gasteiger partial charge in [0.15, 0.2) is 0 Å². The number of halogens is 1. The Balaban J connectivity index is 1.50. The highest BCUT2D eigenvalue weighted by Gasteiger charge is 2.37. The number of nitrogens with one attached hydrogen (secondary N) is 1. The number of amides is 2. The van der Waals surface area contributed by atoms with Crippen molar-refractivity contribution in [3.05, 3.63) is 35.0 Å². The van der Waals surface area contributed by atoms with E-state index < -0.39 is 0 Å². The van der Waals surface area contributed by atoms with E-state index in [9.17, 15) is 9.59 Å². The first-order valence-corrected chi connectivity index (χ1v) is 10.1. The average molecular weight is 378 g/mol. The molecule has 2 aromatic rings. The van der Waals surface area contributed by atoms with Gasteiger partial charge in [-0.25, -0.2) is 0 Å². The smallest absolute Gasteiger partial charge is 0.246 e. The van der Waals surface area contributed by atoms with Crippen molar-refractivity contribution in [3.63, 3.8) is 0 Å². The van der Waals surface area contributed by atoms with Crippen molar-refractivity contribution in [2.75, 3.05) is 24.7 Å². The van der Waals surface area contributed by atoms with Gasteiger partial charge in [-0.15, -0.1) is 11.8 Å². The summed E-state index contributed by atoms with van der Waals surface area (Å²) in [5.41, 5.74) is 1.87. The summed E-state index contributed by atoms with van der Waals surface area (Å²) in [4.78, 5) is 32.4. The molecule has 1 aromatic carbocycles. The van der Waals surface area contributed by atoms with E-state index in [2.05, 4.69) is 4.98 Å². The minimum Gasteiger partial charge on any atom is -0.361 e. The zero-order valence-corrected chi connectivity index (χ0v) is 15.4. The Morgan fingerprint density at radius 1 is 1.28 bits per heavy atom. The molecule has 7 heteroatoms. The van der Waals surface area contributed by atoms with Crippen LogP contribution in [0.3, 0.4) is 0 Å². The second kappa shape index (κ2) is 6.92. The number of fused-ring (bicyclic) bond motifs is 1. The first-order chi connectivity index (χ1) is 12.1. The zero-order valence-electron chi connectivity index (χ0n) is 13.8. The van der Waals surface area contributed by atoms with Crippen LogP contribution in [0.4, 0.5) is 0 Å². The Morgan fingerprint density at radius 2 is 2.08 bits per heavy atom. The molecule has 25 heavy (non-hydrogen) atoms. The van der Waals surface area contributed by atoms with Crippen molar-refractivity contribution in [2.24, 2.45) is 0 Å². The van der Waals surface area contributed by atoms with Gasteiger partial charge in [0.1, 0.15) is 6.04 Å². The molecular weight excluding hydrogens is 358 g/mol. The van der Waals surface area contributed by atoms with Crippen molar-refractivity contribution in [2.45, 2.75) is 25.3 Å². The third-order valence-electron chi connectivity index (χ3n) is 4.98. The van der Waals surface area contributed by atoms with Crippen molar-refractivity contribution in [3.8, 4) is 0 Å². The predicted octanol–water partition coefficient (Wildman–Crippen LogP) is 2.89. The molecule has 2 saturated heterocycles. The molecule has 2 fully saturated rings. The minimum absolute atomic E-state index is 0.0124. The van der Waals surface area contributed by atoms with E-state index in [1.165, 1.54) is 0 Å². The quantitative estimate of drug-likeness (QED) is 0.894. The number of carbonyl (C=O) groups excluding carboxylic acids is 2. The number of H-pyrrole nitrogens is 1. The fraction of sp³-hybridized carbons (Fsp3) is 0.444. The summed E-state index contributed by atoms with van der Waals surface area (Å²) in [5.74, 6) is 1.42. The maximum Gasteiger partial charge on any atom is 0.246 e. The number of benzene rings is 1. The van der Waals surface area contributed by atoms with Crippen molar-refractivity contribution in [1.82, 2.24) is 14.8 Å².